The molecule has 376 valence electrons. The van der Waals surface area contributed by atoms with E-state index in [9.17, 15) is 14.3 Å². The van der Waals surface area contributed by atoms with Gasteiger partial charge in [-0.3, -0.25) is 9.89 Å². The van der Waals surface area contributed by atoms with Crippen molar-refractivity contribution in [2.75, 3.05) is 79.4 Å². The molecule has 0 aliphatic carbocycles. The van der Waals surface area contributed by atoms with Crippen molar-refractivity contribution in [1.29, 1.82) is 0 Å². The van der Waals surface area contributed by atoms with Gasteiger partial charge in [0.15, 0.2) is 5.75 Å². The molecule has 15 nitrogen and oxygen atoms in total. The van der Waals surface area contributed by atoms with Gasteiger partial charge in [0.2, 0.25) is 12.0 Å². The molecule has 7 heterocycles. The summed E-state index contributed by atoms with van der Waals surface area (Å²) in [5.41, 5.74) is 4.71. The molecule has 0 unspecified atom stereocenters. The molecule has 4 aromatic carbocycles. The van der Waals surface area contributed by atoms with E-state index in [1.807, 2.05) is 50.4 Å². The van der Waals surface area contributed by atoms with Gasteiger partial charge >= 0.3 is 5.97 Å². The predicted octanol–water partition coefficient (Wildman–Crippen LogP) is 8.98. The Hall–Kier alpha value is -6.05. The van der Waals surface area contributed by atoms with Gasteiger partial charge in [-0.1, -0.05) is 47.5 Å². The van der Waals surface area contributed by atoms with Crippen LogP contribution in [0.3, 0.4) is 0 Å². The largest absolute Gasteiger partial charge is 0.491 e. The van der Waals surface area contributed by atoms with Crippen molar-refractivity contribution in [3.8, 4) is 50.4 Å². The third-order valence-corrected chi connectivity index (χ3v) is 15.1. The van der Waals surface area contributed by atoms with Crippen molar-refractivity contribution in [2.45, 2.75) is 44.6 Å². The molecule has 0 amide bonds. The van der Waals surface area contributed by atoms with E-state index in [1.165, 1.54) is 29.8 Å². The number of carboxylic acid groups (broad SMARTS) is 1. The summed E-state index contributed by atoms with van der Waals surface area (Å²) in [5, 5.41) is 15.2. The summed E-state index contributed by atoms with van der Waals surface area (Å²) in [6.07, 6.45) is 2.83. The van der Waals surface area contributed by atoms with Crippen LogP contribution in [-0.2, 0) is 20.7 Å². The summed E-state index contributed by atoms with van der Waals surface area (Å²) >= 11 is 16.0. The first kappa shape index (κ1) is 49.5. The summed E-state index contributed by atoms with van der Waals surface area (Å²) < 4.78 is 57.9. The van der Waals surface area contributed by atoms with Crippen LogP contribution in [0, 0.1) is 19.7 Å². The van der Waals surface area contributed by atoms with Crippen LogP contribution in [0.25, 0.3) is 31.8 Å². The molecule has 2 aromatic heterocycles. The smallest absolute Gasteiger partial charge is 0.345 e. The summed E-state index contributed by atoms with van der Waals surface area (Å²) in [6.45, 7) is 9.90. The van der Waals surface area contributed by atoms with E-state index in [-0.39, 0.29) is 37.7 Å². The highest BCUT2D eigenvalue weighted by Gasteiger charge is 2.32. The van der Waals surface area contributed by atoms with Crippen molar-refractivity contribution < 1.29 is 47.4 Å². The number of hydrogen-bond acceptors (Lipinski definition) is 15. The van der Waals surface area contributed by atoms with Crippen LogP contribution >= 0.6 is 34.5 Å². The SMILES string of the molecule is Cc1c(Cl)c2c(Cl)c(C)c1-c1c(-c3ccc(F)cc3)sc3ncnc(c13)O[C@@H](C(=O)O)Cc1cc(ccc1OCC1=N[C@@H](c3ccc(OC[C@H]4COCCO4)cc3)C=CN1)OC[C@@H](CN1CCN(C)CC1)O2. The number of nitrogens with one attached hydrogen (secondary N) is 1. The zero-order valence-electron chi connectivity index (χ0n) is 39.9. The lowest BCUT2D eigenvalue weighted by Crippen LogP contribution is -2.49. The van der Waals surface area contributed by atoms with Crippen molar-refractivity contribution in [1.82, 2.24) is 25.1 Å². The van der Waals surface area contributed by atoms with Gasteiger partial charge in [-0.25, -0.2) is 19.2 Å². The Bertz CT molecular complexity index is 2970. The van der Waals surface area contributed by atoms with E-state index in [1.54, 1.807) is 30.3 Å². The monoisotopic (exact) mass is 1040 g/mol. The number of hydrogen-bond donors (Lipinski definition) is 2. The number of thiophene rings is 1. The van der Waals surface area contributed by atoms with E-state index < -0.39 is 24.0 Å². The Morgan fingerprint density at radius 1 is 0.917 bits per heavy atom. The lowest BCUT2D eigenvalue weighted by molar-refractivity contribution is -0.145. The van der Waals surface area contributed by atoms with Crippen molar-refractivity contribution in [2.24, 2.45) is 4.99 Å². The molecule has 0 radical (unpaired) electrons. The molecule has 72 heavy (non-hydrogen) atoms. The zero-order valence-corrected chi connectivity index (χ0v) is 42.2. The van der Waals surface area contributed by atoms with E-state index in [4.69, 9.17) is 61.4 Å². The first-order valence-electron chi connectivity index (χ1n) is 23.7. The second-order valence-corrected chi connectivity index (χ2v) is 19.8. The highest BCUT2D eigenvalue weighted by molar-refractivity contribution is 7.22. The number of halogens is 3. The summed E-state index contributed by atoms with van der Waals surface area (Å²) in [5.74, 6) is 0.822. The van der Waals surface area contributed by atoms with E-state index >= 15 is 0 Å². The third-order valence-electron chi connectivity index (χ3n) is 13.1. The third kappa shape index (κ3) is 11.0. The van der Waals surface area contributed by atoms with Crippen LogP contribution in [0.1, 0.15) is 28.3 Å². The van der Waals surface area contributed by atoms with Crippen molar-refractivity contribution >= 4 is 56.6 Å². The number of aromatic nitrogens is 2. The molecule has 19 heteroatoms. The number of rotatable bonds is 11. The van der Waals surface area contributed by atoms with Gasteiger partial charge < -0.3 is 48.5 Å². The molecular formula is C53H53Cl2FN6O9S. The Kier molecular flexibility index (Phi) is 15.1. The molecule has 0 saturated carbocycles. The normalized spacial score (nSPS) is 20.7. The van der Waals surface area contributed by atoms with Crippen LogP contribution in [0.4, 0.5) is 4.39 Å². The van der Waals surface area contributed by atoms with Gasteiger partial charge in [-0.05, 0) is 97.3 Å². The van der Waals surface area contributed by atoms with E-state index in [0.29, 0.717) is 120 Å². The molecule has 0 spiro atoms. The number of benzene rings is 4. The maximum Gasteiger partial charge on any atom is 0.345 e. The lowest BCUT2D eigenvalue weighted by Gasteiger charge is -2.35. The maximum atomic E-state index is 14.4. The Labute approximate surface area is 430 Å². The minimum Gasteiger partial charge on any atom is -0.491 e. The molecule has 6 aromatic rings. The maximum absolute atomic E-state index is 14.4. The number of amidine groups is 1. The molecule has 5 aliphatic rings. The lowest BCUT2D eigenvalue weighted by atomic mass is 9.92. The van der Waals surface area contributed by atoms with Crippen LogP contribution in [0.2, 0.25) is 10.0 Å². The second-order valence-electron chi connectivity index (χ2n) is 18.1. The fourth-order valence-electron chi connectivity index (χ4n) is 9.19. The van der Waals surface area contributed by atoms with Gasteiger partial charge in [-0.15, -0.1) is 11.3 Å². The number of likely N-dealkylation sites (N-methyl/N-ethyl adjacent to an activating group) is 1. The van der Waals surface area contributed by atoms with Crippen molar-refractivity contribution in [3.05, 3.63) is 123 Å². The number of fused-ring (bicyclic) bond motifs is 7. The Balaban J connectivity index is 0.999. The molecule has 2 N–H and O–H groups in total. The predicted molar refractivity (Wildman–Crippen MR) is 274 cm³/mol. The van der Waals surface area contributed by atoms with Gasteiger partial charge in [0.25, 0.3) is 0 Å². The molecular weight excluding hydrogens is 987 g/mol. The molecule has 5 aliphatic heterocycles. The average Bonchev–Trinajstić information content (AvgIpc) is 3.78. The quantitative estimate of drug-likeness (QED) is 0.127. The minimum absolute atomic E-state index is 0.0239. The molecule has 2 saturated heterocycles. The number of carboxylic acids is 1. The van der Waals surface area contributed by atoms with Crippen LogP contribution in [0.5, 0.6) is 28.9 Å². The van der Waals surface area contributed by atoms with Crippen LogP contribution in [0.15, 0.2) is 90.3 Å². The zero-order chi connectivity index (χ0) is 49.9. The van der Waals surface area contributed by atoms with Gasteiger partial charge in [0, 0.05) is 61.3 Å². The van der Waals surface area contributed by atoms with Crippen LogP contribution in [-0.4, -0.2) is 134 Å². The van der Waals surface area contributed by atoms with Gasteiger partial charge in [-0.2, -0.15) is 0 Å². The Morgan fingerprint density at radius 3 is 2.43 bits per heavy atom. The molecule has 11 rings (SSSR count). The molecule has 2 fully saturated rings. The summed E-state index contributed by atoms with van der Waals surface area (Å²) in [4.78, 5) is 33.4. The van der Waals surface area contributed by atoms with Gasteiger partial charge in [0.05, 0.1) is 41.3 Å². The number of aliphatic carboxylic acids is 1. The second kappa shape index (κ2) is 22.0. The summed E-state index contributed by atoms with van der Waals surface area (Å²) in [6, 6.07) is 18.9. The van der Waals surface area contributed by atoms with Crippen LogP contribution < -0.4 is 29.0 Å². The molecule has 4 bridgehead atoms. The first-order valence-corrected chi connectivity index (χ1v) is 25.3. The van der Waals surface area contributed by atoms with Gasteiger partial charge in [0.1, 0.15) is 72.1 Å². The van der Waals surface area contributed by atoms with E-state index in [0.717, 1.165) is 31.7 Å². The fourth-order valence-corrected chi connectivity index (χ4v) is 10.9. The highest BCUT2D eigenvalue weighted by atomic mass is 35.5. The number of nitrogens with zero attached hydrogens (tertiary/aromatic N) is 5. The standard InChI is InChI=1S/C53H53Cl2FN6O9S/c1-30-44-31(2)48(55)49(47(30)54)70-38(24-62-18-16-61(3)17-19-62)26-68-37-12-13-41(69-28-43-57-15-14-40(60-43)32-6-10-36(11-7-32)67-27-39-25-65-20-21-66-39)34(22-37)23-42(53(63)64)71-51-46-45(44)50(72-52(46)59-29-58-51)33-4-8-35(56)9-5-33/h4-15,22,29,38-40,42H,16-21,23-28H2,1-3H3,(H,57,60)(H,63,64)/t38-,39-,40-,42-/m1/s1. The van der Waals surface area contributed by atoms with Crippen molar-refractivity contribution in [3.63, 3.8) is 0 Å². The first-order chi connectivity index (χ1) is 34.9. The number of aliphatic imine (C=N–C) groups is 1. The number of ether oxygens (including phenoxy) is 7. The Morgan fingerprint density at radius 2 is 1.69 bits per heavy atom. The number of carbonyl (C=O) groups is 1. The average molecular weight is 1040 g/mol. The molecule has 4 atom stereocenters. The van der Waals surface area contributed by atoms with E-state index in [2.05, 4.69) is 32.1 Å². The topological polar surface area (TPSA) is 159 Å². The minimum atomic E-state index is -1.48. The highest BCUT2D eigenvalue weighted by Crippen LogP contribution is 2.53. The summed E-state index contributed by atoms with van der Waals surface area (Å²) in [7, 11) is 2.10. The number of piperazine rings is 1. The fraction of sp³-hybridized carbons (Fsp3) is 0.358.